The number of benzene rings is 2. The number of carbonyl (C=O) groups excluding carboxylic acids is 2. The Kier molecular flexibility index (Phi) is 8.58. The summed E-state index contributed by atoms with van der Waals surface area (Å²) < 4.78 is 45.3. The molecule has 1 saturated heterocycles. The van der Waals surface area contributed by atoms with Crippen molar-refractivity contribution in [3.8, 4) is 11.3 Å². The molecule has 0 unspecified atom stereocenters. The van der Waals surface area contributed by atoms with E-state index in [1.54, 1.807) is 24.3 Å². The highest BCUT2D eigenvalue weighted by atomic mass is 35.5. The quantitative estimate of drug-likeness (QED) is 0.345. The van der Waals surface area contributed by atoms with Crippen molar-refractivity contribution < 1.29 is 27.2 Å². The van der Waals surface area contributed by atoms with Gasteiger partial charge < -0.3 is 20.0 Å². The van der Waals surface area contributed by atoms with E-state index in [0.29, 0.717) is 18.7 Å². The third-order valence-electron chi connectivity index (χ3n) is 6.19. The second kappa shape index (κ2) is 11.9. The molecule has 0 bridgehead atoms. The van der Waals surface area contributed by atoms with Gasteiger partial charge in [-0.05, 0) is 75.3 Å². The predicted octanol–water partition coefficient (Wildman–Crippen LogP) is 5.91. The third kappa shape index (κ3) is 7.05. The van der Waals surface area contributed by atoms with Crippen LogP contribution in [0.3, 0.4) is 0 Å². The van der Waals surface area contributed by atoms with Crippen molar-refractivity contribution >= 4 is 29.5 Å². The topological polar surface area (TPSA) is 74.6 Å². The van der Waals surface area contributed by atoms with E-state index >= 15 is 0 Å². The molecule has 38 heavy (non-hydrogen) atoms. The van der Waals surface area contributed by atoms with E-state index in [0.717, 1.165) is 49.7 Å². The lowest BCUT2D eigenvalue weighted by atomic mass is 10.1. The summed E-state index contributed by atoms with van der Waals surface area (Å²) >= 11 is 6.14. The molecule has 4 rings (SSSR count). The normalized spacial score (nSPS) is 14.5. The summed E-state index contributed by atoms with van der Waals surface area (Å²) in [7, 11) is 0. The molecule has 2 aromatic carbocycles. The largest absolute Gasteiger partial charge is 0.457 e. The van der Waals surface area contributed by atoms with Gasteiger partial charge in [0.2, 0.25) is 0 Å². The summed E-state index contributed by atoms with van der Waals surface area (Å²) in [4.78, 5) is 28.1. The number of aryl methyl sites for hydroxylation is 1. The van der Waals surface area contributed by atoms with Gasteiger partial charge in [0, 0.05) is 30.3 Å². The Bertz CT molecular complexity index is 1330. The Hall–Kier alpha value is -3.56. The van der Waals surface area contributed by atoms with Crippen LogP contribution < -0.4 is 10.6 Å². The van der Waals surface area contributed by atoms with Crippen LogP contribution in [0, 0.1) is 6.92 Å². The average molecular weight is 546 g/mol. The van der Waals surface area contributed by atoms with E-state index < -0.39 is 23.6 Å². The van der Waals surface area contributed by atoms with E-state index in [-0.39, 0.29) is 27.8 Å². The average Bonchev–Trinajstić information content (AvgIpc) is 3.56. The molecule has 2 heterocycles. The van der Waals surface area contributed by atoms with Crippen LogP contribution in [0.25, 0.3) is 17.4 Å². The molecule has 6 nitrogen and oxygen atoms in total. The zero-order chi connectivity index (χ0) is 27.3. The highest BCUT2D eigenvalue weighted by Gasteiger charge is 2.31. The fourth-order valence-electron chi connectivity index (χ4n) is 4.09. The molecule has 10 heteroatoms. The molecular formula is C28H27ClF3N3O3. The van der Waals surface area contributed by atoms with Crippen molar-refractivity contribution in [2.45, 2.75) is 25.9 Å². The van der Waals surface area contributed by atoms with Gasteiger partial charge >= 0.3 is 6.18 Å². The van der Waals surface area contributed by atoms with Gasteiger partial charge in [0.15, 0.2) is 0 Å². The number of likely N-dealkylation sites (tertiary alicyclic amines) is 1. The van der Waals surface area contributed by atoms with Crippen LogP contribution in [-0.4, -0.2) is 42.9 Å². The molecule has 2 amide bonds. The number of carbonyl (C=O) groups is 2. The number of hydrogen-bond acceptors (Lipinski definition) is 4. The van der Waals surface area contributed by atoms with Gasteiger partial charge in [-0.25, -0.2) is 0 Å². The van der Waals surface area contributed by atoms with Crippen molar-refractivity contribution in [2.75, 3.05) is 26.2 Å². The van der Waals surface area contributed by atoms with Crippen molar-refractivity contribution in [2.24, 2.45) is 0 Å². The first kappa shape index (κ1) is 27.5. The molecule has 3 aromatic rings. The summed E-state index contributed by atoms with van der Waals surface area (Å²) in [6.07, 6.45) is -0.956. The first-order valence-electron chi connectivity index (χ1n) is 12.2. The zero-order valence-corrected chi connectivity index (χ0v) is 21.5. The zero-order valence-electron chi connectivity index (χ0n) is 20.7. The fraction of sp³-hybridized carbons (Fsp3) is 0.286. The van der Waals surface area contributed by atoms with E-state index in [1.165, 1.54) is 18.2 Å². The van der Waals surface area contributed by atoms with Crippen LogP contribution in [0.2, 0.25) is 5.02 Å². The number of furan rings is 1. The van der Waals surface area contributed by atoms with Gasteiger partial charge in [0.1, 0.15) is 17.2 Å². The number of nitrogens with zero attached hydrogens (tertiary/aromatic N) is 1. The van der Waals surface area contributed by atoms with E-state index in [1.807, 2.05) is 6.92 Å². The molecule has 0 atom stereocenters. The van der Waals surface area contributed by atoms with Gasteiger partial charge in [-0.15, -0.1) is 0 Å². The SMILES string of the molecule is Cc1ccc(C(=O)N/C(=C/c2ccc(-c3cc(C(F)(F)F)ccc3Cl)o2)C(=O)NCCN2CCCC2)cc1. The van der Waals surface area contributed by atoms with Crippen LogP contribution in [0.1, 0.15) is 40.1 Å². The number of amides is 2. The lowest BCUT2D eigenvalue weighted by Crippen LogP contribution is -2.38. The maximum atomic E-state index is 13.2. The molecule has 0 spiro atoms. The lowest BCUT2D eigenvalue weighted by Gasteiger charge is -2.16. The summed E-state index contributed by atoms with van der Waals surface area (Å²) in [6.45, 7) is 4.93. The van der Waals surface area contributed by atoms with Crippen molar-refractivity contribution in [3.05, 3.63) is 87.8 Å². The number of halogens is 4. The minimum absolute atomic E-state index is 0.0569. The monoisotopic (exact) mass is 545 g/mol. The predicted molar refractivity (Wildman–Crippen MR) is 139 cm³/mol. The van der Waals surface area contributed by atoms with E-state index in [4.69, 9.17) is 16.0 Å². The molecule has 1 aliphatic heterocycles. The minimum Gasteiger partial charge on any atom is -0.457 e. The Morgan fingerprint density at radius 2 is 1.76 bits per heavy atom. The molecule has 1 aliphatic rings. The van der Waals surface area contributed by atoms with Crippen molar-refractivity contribution in [1.29, 1.82) is 0 Å². The van der Waals surface area contributed by atoms with Gasteiger partial charge in [0.05, 0.1) is 10.6 Å². The maximum absolute atomic E-state index is 13.2. The minimum atomic E-state index is -4.55. The number of alkyl halides is 3. The summed E-state index contributed by atoms with van der Waals surface area (Å²) in [5, 5.41) is 5.53. The maximum Gasteiger partial charge on any atom is 0.416 e. The van der Waals surface area contributed by atoms with E-state index in [2.05, 4.69) is 15.5 Å². The molecule has 0 saturated carbocycles. The fourth-order valence-corrected chi connectivity index (χ4v) is 4.31. The van der Waals surface area contributed by atoms with Crippen LogP contribution >= 0.6 is 11.6 Å². The Morgan fingerprint density at radius 3 is 2.45 bits per heavy atom. The van der Waals surface area contributed by atoms with Crippen LogP contribution in [-0.2, 0) is 11.0 Å². The Labute approximate surface area is 223 Å². The lowest BCUT2D eigenvalue weighted by molar-refractivity contribution is -0.137. The van der Waals surface area contributed by atoms with Crippen molar-refractivity contribution in [3.63, 3.8) is 0 Å². The van der Waals surface area contributed by atoms with Crippen LogP contribution in [0.15, 0.2) is 64.7 Å². The van der Waals surface area contributed by atoms with Gasteiger partial charge in [-0.1, -0.05) is 29.3 Å². The first-order chi connectivity index (χ1) is 18.1. The van der Waals surface area contributed by atoms with Crippen LogP contribution in [0.5, 0.6) is 0 Å². The van der Waals surface area contributed by atoms with Crippen LogP contribution in [0.4, 0.5) is 13.2 Å². The van der Waals surface area contributed by atoms with E-state index in [9.17, 15) is 22.8 Å². The highest BCUT2D eigenvalue weighted by molar-refractivity contribution is 6.33. The molecule has 0 aliphatic carbocycles. The number of hydrogen-bond donors (Lipinski definition) is 2. The smallest absolute Gasteiger partial charge is 0.416 e. The van der Waals surface area contributed by atoms with Gasteiger partial charge in [0.25, 0.3) is 11.8 Å². The molecule has 200 valence electrons. The first-order valence-corrected chi connectivity index (χ1v) is 12.6. The summed E-state index contributed by atoms with van der Waals surface area (Å²) in [5.41, 5.74) is 0.471. The Balaban J connectivity index is 1.57. The number of rotatable bonds is 8. The Morgan fingerprint density at radius 1 is 1.05 bits per heavy atom. The molecule has 1 fully saturated rings. The second-order valence-corrected chi connectivity index (χ2v) is 9.48. The third-order valence-corrected chi connectivity index (χ3v) is 6.52. The molecule has 0 radical (unpaired) electrons. The summed E-state index contributed by atoms with van der Waals surface area (Å²) in [6, 6.07) is 12.7. The second-order valence-electron chi connectivity index (χ2n) is 9.08. The summed E-state index contributed by atoms with van der Waals surface area (Å²) in [5.74, 6) is -0.758. The molecular weight excluding hydrogens is 519 g/mol. The van der Waals surface area contributed by atoms with Gasteiger partial charge in [-0.3, -0.25) is 9.59 Å². The standard InChI is InChI=1S/C28H27ClF3N3O3/c1-18-4-6-19(7-5-18)26(36)34-24(27(37)33-12-15-35-13-2-3-14-35)17-21-9-11-25(38-21)22-16-20(28(30,31)32)8-10-23(22)29/h4-11,16-17H,2-3,12-15H2,1H3,(H,33,37)(H,34,36)/b24-17+. The van der Waals surface area contributed by atoms with Crippen molar-refractivity contribution in [1.82, 2.24) is 15.5 Å². The molecule has 2 N–H and O–H groups in total. The number of nitrogens with one attached hydrogen (secondary N) is 2. The van der Waals surface area contributed by atoms with Gasteiger partial charge in [-0.2, -0.15) is 13.2 Å². The molecule has 1 aromatic heterocycles. The highest BCUT2D eigenvalue weighted by Crippen LogP contribution is 2.36.